The Labute approximate surface area is 152 Å². The highest BCUT2D eigenvalue weighted by Crippen LogP contribution is 2.34. The van der Waals surface area contributed by atoms with Crippen LogP contribution in [0.2, 0.25) is 0 Å². The fourth-order valence-corrected chi connectivity index (χ4v) is 3.82. The summed E-state index contributed by atoms with van der Waals surface area (Å²) in [5.41, 5.74) is 0.744. The van der Waals surface area contributed by atoms with E-state index in [1.807, 2.05) is 0 Å². The Bertz CT molecular complexity index is 635. The van der Waals surface area contributed by atoms with Crippen molar-refractivity contribution in [3.8, 4) is 0 Å². The van der Waals surface area contributed by atoms with Crippen LogP contribution in [0.25, 0.3) is 0 Å². The number of piperidine rings is 1. The van der Waals surface area contributed by atoms with Gasteiger partial charge in [0.25, 0.3) is 0 Å². The van der Waals surface area contributed by atoms with E-state index < -0.39 is 5.97 Å². The molecule has 2 aliphatic rings. The number of carbonyl (C=O) groups excluding carboxylic acids is 1. The molecule has 0 spiro atoms. The van der Waals surface area contributed by atoms with E-state index in [2.05, 4.69) is 5.32 Å². The van der Waals surface area contributed by atoms with Crippen LogP contribution in [-0.4, -0.2) is 54.9 Å². The number of hydrogen-bond donors (Lipinski definition) is 2. The fraction of sp³-hybridized carbons (Fsp3) is 0.579. The van der Waals surface area contributed by atoms with Crippen molar-refractivity contribution in [2.75, 3.05) is 32.8 Å². The maximum Gasteiger partial charge on any atom is 0.317 e. The lowest BCUT2D eigenvalue weighted by molar-refractivity contribution is -0.143. The highest BCUT2D eigenvalue weighted by molar-refractivity contribution is 5.75. The number of rotatable bonds is 4. The summed E-state index contributed by atoms with van der Waals surface area (Å²) in [5, 5.41) is 12.1. The molecule has 0 atom stereocenters. The van der Waals surface area contributed by atoms with Gasteiger partial charge in [0.1, 0.15) is 5.82 Å². The van der Waals surface area contributed by atoms with E-state index in [1.54, 1.807) is 17.0 Å². The molecule has 2 aliphatic heterocycles. The van der Waals surface area contributed by atoms with Crippen LogP contribution in [0.15, 0.2) is 24.3 Å². The molecule has 2 N–H and O–H groups in total. The van der Waals surface area contributed by atoms with E-state index in [9.17, 15) is 14.0 Å². The smallest absolute Gasteiger partial charge is 0.317 e. The van der Waals surface area contributed by atoms with Crippen molar-refractivity contribution < 1.29 is 23.8 Å². The zero-order valence-corrected chi connectivity index (χ0v) is 14.7. The first-order valence-corrected chi connectivity index (χ1v) is 9.10. The average Bonchev–Trinajstić information content (AvgIpc) is 2.67. The summed E-state index contributed by atoms with van der Waals surface area (Å²) in [6.45, 7) is 2.58. The third-order valence-electron chi connectivity index (χ3n) is 5.62. The van der Waals surface area contributed by atoms with Gasteiger partial charge in [0, 0.05) is 38.3 Å². The van der Waals surface area contributed by atoms with Crippen LogP contribution < -0.4 is 5.32 Å². The van der Waals surface area contributed by atoms with Crippen LogP contribution in [-0.2, 0) is 14.9 Å². The molecule has 0 bridgehead atoms. The summed E-state index contributed by atoms with van der Waals surface area (Å²) in [6, 6.07) is 6.30. The SMILES string of the molecule is O=C(O)C1CCN(C(=O)NCC2(c3ccc(F)cc3)CCOCC2)CC1. The minimum atomic E-state index is -0.789. The lowest BCUT2D eigenvalue weighted by Gasteiger charge is -2.39. The number of nitrogens with zero attached hydrogens (tertiary/aromatic N) is 1. The van der Waals surface area contributed by atoms with Crippen LogP contribution in [0.5, 0.6) is 0 Å². The molecule has 2 saturated heterocycles. The molecular formula is C19H25FN2O4. The largest absolute Gasteiger partial charge is 0.481 e. The van der Waals surface area contributed by atoms with E-state index in [0.717, 1.165) is 18.4 Å². The van der Waals surface area contributed by atoms with Crippen LogP contribution in [0.4, 0.5) is 9.18 Å². The Kier molecular flexibility index (Phi) is 5.76. The second-order valence-electron chi connectivity index (χ2n) is 7.16. The molecule has 0 unspecified atom stereocenters. The summed E-state index contributed by atoms with van der Waals surface area (Å²) in [4.78, 5) is 25.2. The maximum atomic E-state index is 13.3. The van der Waals surface area contributed by atoms with Gasteiger partial charge in [-0.3, -0.25) is 4.79 Å². The number of carboxylic acids is 1. The fourth-order valence-electron chi connectivity index (χ4n) is 3.82. The highest BCUT2D eigenvalue weighted by Gasteiger charge is 2.36. The molecule has 2 heterocycles. The zero-order chi connectivity index (χ0) is 18.6. The summed E-state index contributed by atoms with van der Waals surface area (Å²) in [5.74, 6) is -1.43. The number of carboxylic acid groups (broad SMARTS) is 1. The minimum absolute atomic E-state index is 0.165. The Balaban J connectivity index is 1.62. The van der Waals surface area contributed by atoms with Crippen molar-refractivity contribution in [2.45, 2.75) is 31.1 Å². The van der Waals surface area contributed by atoms with Crippen LogP contribution in [0.3, 0.4) is 0 Å². The number of urea groups is 1. The van der Waals surface area contributed by atoms with E-state index in [0.29, 0.717) is 45.7 Å². The zero-order valence-electron chi connectivity index (χ0n) is 14.7. The summed E-state index contributed by atoms with van der Waals surface area (Å²) in [7, 11) is 0. The quantitative estimate of drug-likeness (QED) is 0.860. The summed E-state index contributed by atoms with van der Waals surface area (Å²) in [6.07, 6.45) is 2.50. The molecule has 1 aromatic rings. The van der Waals surface area contributed by atoms with Gasteiger partial charge in [-0.2, -0.15) is 0 Å². The monoisotopic (exact) mass is 364 g/mol. The number of nitrogens with one attached hydrogen (secondary N) is 1. The molecule has 0 radical (unpaired) electrons. The van der Waals surface area contributed by atoms with Gasteiger partial charge < -0.3 is 20.1 Å². The molecule has 26 heavy (non-hydrogen) atoms. The van der Waals surface area contributed by atoms with Crippen molar-refractivity contribution >= 4 is 12.0 Å². The standard InChI is InChI=1S/C19H25FN2O4/c20-16-3-1-15(2-4-16)19(7-11-26-12-8-19)13-21-18(25)22-9-5-14(6-10-22)17(23)24/h1-4,14H,5-13H2,(H,21,25)(H,23,24). The van der Waals surface area contributed by atoms with Crippen molar-refractivity contribution in [3.05, 3.63) is 35.6 Å². The van der Waals surface area contributed by atoms with Gasteiger partial charge in [-0.1, -0.05) is 12.1 Å². The van der Waals surface area contributed by atoms with Crippen molar-refractivity contribution in [3.63, 3.8) is 0 Å². The van der Waals surface area contributed by atoms with Gasteiger partial charge in [0.05, 0.1) is 5.92 Å². The van der Waals surface area contributed by atoms with E-state index >= 15 is 0 Å². The summed E-state index contributed by atoms with van der Waals surface area (Å²) < 4.78 is 18.8. The van der Waals surface area contributed by atoms with Gasteiger partial charge in [-0.15, -0.1) is 0 Å². The van der Waals surface area contributed by atoms with Gasteiger partial charge >= 0.3 is 12.0 Å². The van der Waals surface area contributed by atoms with E-state index in [-0.39, 0.29) is 23.2 Å². The van der Waals surface area contributed by atoms with Crippen molar-refractivity contribution in [1.29, 1.82) is 0 Å². The first kappa shape index (κ1) is 18.6. The lowest BCUT2D eigenvalue weighted by Crippen LogP contribution is -2.50. The molecular weight excluding hydrogens is 339 g/mol. The van der Waals surface area contributed by atoms with E-state index in [4.69, 9.17) is 9.84 Å². The number of aliphatic carboxylic acids is 1. The number of benzene rings is 1. The van der Waals surface area contributed by atoms with Crippen molar-refractivity contribution in [1.82, 2.24) is 10.2 Å². The topological polar surface area (TPSA) is 78.9 Å². The van der Waals surface area contributed by atoms with Crippen LogP contribution >= 0.6 is 0 Å². The third kappa shape index (κ3) is 4.15. The first-order chi connectivity index (χ1) is 12.5. The predicted octanol–water partition coefficient (Wildman–Crippen LogP) is 2.38. The molecule has 7 heteroatoms. The predicted molar refractivity (Wildman–Crippen MR) is 93.5 cm³/mol. The second kappa shape index (κ2) is 8.03. The molecule has 3 rings (SSSR count). The first-order valence-electron chi connectivity index (χ1n) is 9.10. The molecule has 6 nitrogen and oxygen atoms in total. The summed E-state index contributed by atoms with van der Waals surface area (Å²) >= 11 is 0. The van der Waals surface area contributed by atoms with Gasteiger partial charge in [0.2, 0.25) is 0 Å². The van der Waals surface area contributed by atoms with Crippen LogP contribution in [0.1, 0.15) is 31.2 Å². The number of likely N-dealkylation sites (tertiary alicyclic amines) is 1. The van der Waals surface area contributed by atoms with Gasteiger partial charge in [-0.25, -0.2) is 9.18 Å². The highest BCUT2D eigenvalue weighted by atomic mass is 19.1. The number of hydrogen-bond acceptors (Lipinski definition) is 3. The molecule has 2 fully saturated rings. The lowest BCUT2D eigenvalue weighted by atomic mass is 9.74. The Morgan fingerprint density at radius 1 is 1.19 bits per heavy atom. The number of carbonyl (C=O) groups is 2. The van der Waals surface area contributed by atoms with Gasteiger partial charge in [0.15, 0.2) is 0 Å². The maximum absolute atomic E-state index is 13.3. The molecule has 0 aliphatic carbocycles. The van der Waals surface area contributed by atoms with E-state index in [1.165, 1.54) is 12.1 Å². The van der Waals surface area contributed by atoms with Crippen molar-refractivity contribution in [2.24, 2.45) is 5.92 Å². The second-order valence-corrected chi connectivity index (χ2v) is 7.16. The molecule has 1 aromatic carbocycles. The Morgan fingerprint density at radius 3 is 2.38 bits per heavy atom. The van der Waals surface area contributed by atoms with Gasteiger partial charge in [-0.05, 0) is 43.4 Å². The number of amides is 2. The average molecular weight is 364 g/mol. The Hall–Kier alpha value is -2.15. The molecule has 142 valence electrons. The minimum Gasteiger partial charge on any atom is -0.481 e. The normalized spacial score (nSPS) is 20.6. The molecule has 2 amide bonds. The number of ether oxygens (including phenoxy) is 1. The molecule has 0 saturated carbocycles. The Morgan fingerprint density at radius 2 is 1.81 bits per heavy atom. The molecule has 0 aromatic heterocycles. The van der Waals surface area contributed by atoms with Crippen LogP contribution in [0, 0.1) is 11.7 Å². The number of halogens is 1. The third-order valence-corrected chi connectivity index (χ3v) is 5.62.